The highest BCUT2D eigenvalue weighted by Gasteiger charge is 2.40. The molecule has 116 valence electrons. The zero-order chi connectivity index (χ0) is 15.6. The number of hydrogen-bond donors (Lipinski definition) is 1. The zero-order valence-corrected chi connectivity index (χ0v) is 12.1. The SMILES string of the molecule is COC(=O)Cn1cc(S(=O)(=O)N2CCC[C@H]2C(=O)O)cn1. The first kappa shape index (κ1) is 15.4. The van der Waals surface area contributed by atoms with Gasteiger partial charge in [0.1, 0.15) is 17.5 Å². The van der Waals surface area contributed by atoms with Gasteiger partial charge in [-0.2, -0.15) is 9.40 Å². The third-order valence-electron chi connectivity index (χ3n) is 3.22. The van der Waals surface area contributed by atoms with Crippen LogP contribution in [-0.4, -0.2) is 59.2 Å². The average molecular weight is 317 g/mol. The summed E-state index contributed by atoms with van der Waals surface area (Å²) in [5.74, 6) is -1.73. The molecule has 1 fully saturated rings. The van der Waals surface area contributed by atoms with E-state index in [4.69, 9.17) is 5.11 Å². The molecule has 9 nitrogen and oxygen atoms in total. The number of carboxylic acids is 1. The molecule has 1 N–H and O–H groups in total. The summed E-state index contributed by atoms with van der Waals surface area (Å²) < 4.78 is 31.4. The topological polar surface area (TPSA) is 119 Å². The van der Waals surface area contributed by atoms with Crippen LogP contribution >= 0.6 is 0 Å². The van der Waals surface area contributed by atoms with Crippen molar-refractivity contribution in [1.29, 1.82) is 0 Å². The molecular weight excluding hydrogens is 302 g/mol. The van der Waals surface area contributed by atoms with Gasteiger partial charge in [-0.25, -0.2) is 8.42 Å². The molecule has 0 bridgehead atoms. The van der Waals surface area contributed by atoms with Gasteiger partial charge in [0.05, 0.1) is 13.3 Å². The van der Waals surface area contributed by atoms with Gasteiger partial charge in [0.2, 0.25) is 10.0 Å². The summed E-state index contributed by atoms with van der Waals surface area (Å²) in [7, 11) is -2.72. The van der Waals surface area contributed by atoms with Crippen molar-refractivity contribution < 1.29 is 27.9 Å². The molecule has 1 aromatic rings. The van der Waals surface area contributed by atoms with E-state index in [-0.39, 0.29) is 24.4 Å². The summed E-state index contributed by atoms with van der Waals surface area (Å²) in [5.41, 5.74) is 0. The quantitative estimate of drug-likeness (QED) is 0.713. The van der Waals surface area contributed by atoms with Gasteiger partial charge in [0, 0.05) is 12.7 Å². The largest absolute Gasteiger partial charge is 0.480 e. The van der Waals surface area contributed by atoms with Crippen LogP contribution in [0.25, 0.3) is 0 Å². The van der Waals surface area contributed by atoms with Gasteiger partial charge < -0.3 is 9.84 Å². The van der Waals surface area contributed by atoms with Crippen molar-refractivity contribution in [2.75, 3.05) is 13.7 Å². The Hall–Kier alpha value is -1.94. The minimum absolute atomic E-state index is 0.139. The number of nitrogens with zero attached hydrogens (tertiary/aromatic N) is 3. The first-order valence-corrected chi connectivity index (χ1v) is 7.64. The number of carbonyl (C=O) groups is 2. The molecule has 0 amide bonds. The summed E-state index contributed by atoms with van der Waals surface area (Å²) >= 11 is 0. The molecule has 1 aromatic heterocycles. The van der Waals surface area contributed by atoms with Gasteiger partial charge >= 0.3 is 11.9 Å². The lowest BCUT2D eigenvalue weighted by Crippen LogP contribution is -2.40. The van der Waals surface area contributed by atoms with Crippen molar-refractivity contribution in [3.05, 3.63) is 12.4 Å². The summed E-state index contributed by atoms with van der Waals surface area (Å²) in [6.45, 7) is -0.0597. The molecule has 0 saturated carbocycles. The molecule has 0 aliphatic carbocycles. The first-order valence-electron chi connectivity index (χ1n) is 6.20. The van der Waals surface area contributed by atoms with E-state index in [9.17, 15) is 18.0 Å². The van der Waals surface area contributed by atoms with Gasteiger partial charge in [-0.15, -0.1) is 0 Å². The maximum atomic E-state index is 12.4. The van der Waals surface area contributed by atoms with Crippen LogP contribution in [0, 0.1) is 0 Å². The smallest absolute Gasteiger partial charge is 0.327 e. The number of esters is 1. The monoisotopic (exact) mass is 317 g/mol. The second-order valence-electron chi connectivity index (χ2n) is 4.56. The fourth-order valence-electron chi connectivity index (χ4n) is 2.17. The fraction of sp³-hybridized carbons (Fsp3) is 0.545. The molecule has 1 atom stereocenters. The van der Waals surface area contributed by atoms with Gasteiger partial charge in [0.25, 0.3) is 0 Å². The van der Waals surface area contributed by atoms with Crippen LogP contribution in [0.3, 0.4) is 0 Å². The number of aromatic nitrogens is 2. The lowest BCUT2D eigenvalue weighted by atomic mass is 10.2. The van der Waals surface area contributed by atoms with Crippen molar-refractivity contribution in [3.63, 3.8) is 0 Å². The molecule has 2 heterocycles. The van der Waals surface area contributed by atoms with Gasteiger partial charge in [-0.1, -0.05) is 0 Å². The highest BCUT2D eigenvalue weighted by atomic mass is 32.2. The van der Waals surface area contributed by atoms with Crippen molar-refractivity contribution >= 4 is 22.0 Å². The van der Waals surface area contributed by atoms with E-state index in [1.54, 1.807) is 0 Å². The Morgan fingerprint density at radius 1 is 1.52 bits per heavy atom. The molecule has 0 spiro atoms. The molecule has 1 aliphatic rings. The lowest BCUT2D eigenvalue weighted by molar-refractivity contribution is -0.142. The summed E-state index contributed by atoms with van der Waals surface area (Å²) in [6.07, 6.45) is 3.05. The Balaban J connectivity index is 2.24. The van der Waals surface area contributed by atoms with Crippen molar-refractivity contribution in [2.45, 2.75) is 30.3 Å². The van der Waals surface area contributed by atoms with E-state index >= 15 is 0 Å². The normalized spacial score (nSPS) is 19.6. The zero-order valence-electron chi connectivity index (χ0n) is 11.3. The van der Waals surface area contributed by atoms with Gasteiger partial charge in [-0.05, 0) is 12.8 Å². The van der Waals surface area contributed by atoms with Gasteiger partial charge in [0.15, 0.2) is 0 Å². The minimum atomic E-state index is -3.94. The number of hydrogen-bond acceptors (Lipinski definition) is 6. The minimum Gasteiger partial charge on any atom is -0.480 e. The lowest BCUT2D eigenvalue weighted by Gasteiger charge is -2.19. The Morgan fingerprint density at radius 3 is 2.86 bits per heavy atom. The maximum absolute atomic E-state index is 12.4. The molecule has 2 rings (SSSR count). The van der Waals surface area contributed by atoms with Crippen LogP contribution in [0.4, 0.5) is 0 Å². The Labute approximate surface area is 121 Å². The number of carbonyl (C=O) groups excluding carboxylic acids is 1. The molecule has 10 heteroatoms. The Kier molecular flexibility index (Phi) is 4.28. The predicted octanol–water partition coefficient (Wildman–Crippen LogP) is -0.706. The highest BCUT2D eigenvalue weighted by Crippen LogP contribution is 2.25. The fourth-order valence-corrected chi connectivity index (χ4v) is 3.78. The van der Waals surface area contributed by atoms with Crippen LogP contribution < -0.4 is 0 Å². The number of aliphatic carboxylic acids is 1. The second kappa shape index (κ2) is 5.82. The molecule has 21 heavy (non-hydrogen) atoms. The second-order valence-corrected chi connectivity index (χ2v) is 6.45. The number of ether oxygens (including phenoxy) is 1. The maximum Gasteiger partial charge on any atom is 0.327 e. The van der Waals surface area contributed by atoms with Crippen LogP contribution in [0.15, 0.2) is 17.3 Å². The summed E-state index contributed by atoms with van der Waals surface area (Å²) in [6, 6.07) is -1.06. The van der Waals surface area contributed by atoms with Crippen molar-refractivity contribution in [1.82, 2.24) is 14.1 Å². The number of carboxylic acid groups (broad SMARTS) is 1. The molecule has 0 aromatic carbocycles. The number of methoxy groups -OCH3 is 1. The van der Waals surface area contributed by atoms with Crippen LogP contribution in [0.2, 0.25) is 0 Å². The molecule has 0 radical (unpaired) electrons. The van der Waals surface area contributed by atoms with E-state index in [0.29, 0.717) is 6.42 Å². The van der Waals surface area contributed by atoms with E-state index in [1.807, 2.05) is 0 Å². The summed E-state index contributed by atoms with van der Waals surface area (Å²) in [4.78, 5) is 22.1. The number of rotatable bonds is 5. The van der Waals surface area contributed by atoms with Crippen molar-refractivity contribution in [2.24, 2.45) is 0 Å². The van der Waals surface area contributed by atoms with Gasteiger partial charge in [-0.3, -0.25) is 14.3 Å². The van der Waals surface area contributed by atoms with E-state index in [2.05, 4.69) is 9.84 Å². The van der Waals surface area contributed by atoms with E-state index < -0.39 is 28.0 Å². The highest BCUT2D eigenvalue weighted by molar-refractivity contribution is 7.89. The standard InChI is InChI=1S/C11H15N3O6S/c1-20-10(15)7-13-6-8(5-12-13)21(18,19)14-4-2-3-9(14)11(16)17/h5-6,9H,2-4,7H2,1H3,(H,16,17)/t9-/m0/s1. The molecule has 1 saturated heterocycles. The first-order chi connectivity index (χ1) is 9.86. The van der Waals surface area contributed by atoms with Crippen LogP contribution in [0.1, 0.15) is 12.8 Å². The average Bonchev–Trinajstić information content (AvgIpc) is 3.07. The Bertz CT molecular complexity index is 653. The molecule has 0 unspecified atom stereocenters. The third kappa shape index (κ3) is 3.05. The number of sulfonamides is 1. The van der Waals surface area contributed by atoms with E-state index in [1.165, 1.54) is 13.3 Å². The molecule has 1 aliphatic heterocycles. The third-order valence-corrected chi connectivity index (χ3v) is 5.08. The van der Waals surface area contributed by atoms with E-state index in [0.717, 1.165) is 15.2 Å². The predicted molar refractivity (Wildman–Crippen MR) is 68.8 cm³/mol. The van der Waals surface area contributed by atoms with Crippen LogP contribution in [-0.2, 0) is 30.9 Å². The van der Waals surface area contributed by atoms with Crippen molar-refractivity contribution in [3.8, 4) is 0 Å². The van der Waals surface area contributed by atoms with Crippen LogP contribution in [0.5, 0.6) is 0 Å². The summed E-state index contributed by atoms with van der Waals surface area (Å²) in [5, 5.41) is 12.8. The molecular formula is C11H15N3O6S. The Morgan fingerprint density at radius 2 is 2.24 bits per heavy atom.